The number of carbonyl (C=O) groups is 2. The molecule has 0 saturated heterocycles. The van der Waals surface area contributed by atoms with Gasteiger partial charge in [0.2, 0.25) is 0 Å². The third-order valence-electron chi connectivity index (χ3n) is 3.54. The summed E-state index contributed by atoms with van der Waals surface area (Å²) in [7, 11) is 0. The summed E-state index contributed by atoms with van der Waals surface area (Å²) in [5.41, 5.74) is 2.69. The van der Waals surface area contributed by atoms with Gasteiger partial charge in [0, 0.05) is 12.1 Å². The average molecular weight is 329 g/mol. The van der Waals surface area contributed by atoms with Crippen LogP contribution in [0.15, 0.2) is 48.5 Å². The standard InChI is InChI=1S/C19H20FNO3/c1-2-14-5-10-17(11-6-14)21-18(22)13-24-19(23)12-7-15-3-8-16(20)9-4-15/h3-6,8-11H,2,7,12-13H2,1H3,(H,21,22). The third kappa shape index (κ3) is 5.83. The highest BCUT2D eigenvalue weighted by Crippen LogP contribution is 2.10. The van der Waals surface area contributed by atoms with Gasteiger partial charge in [-0.25, -0.2) is 4.39 Å². The first-order valence-electron chi connectivity index (χ1n) is 7.85. The number of hydrogen-bond acceptors (Lipinski definition) is 3. The van der Waals surface area contributed by atoms with Crippen LogP contribution in [0.3, 0.4) is 0 Å². The van der Waals surface area contributed by atoms with E-state index in [1.54, 1.807) is 12.1 Å². The molecule has 2 aromatic rings. The van der Waals surface area contributed by atoms with E-state index in [9.17, 15) is 14.0 Å². The predicted octanol–water partition coefficient (Wildman–Crippen LogP) is 3.50. The Hall–Kier alpha value is -2.69. The Bertz CT molecular complexity index is 681. The second kappa shape index (κ2) is 8.82. The van der Waals surface area contributed by atoms with Crippen molar-refractivity contribution >= 4 is 17.6 Å². The number of nitrogens with one attached hydrogen (secondary N) is 1. The van der Waals surface area contributed by atoms with Crippen molar-refractivity contribution in [1.82, 2.24) is 0 Å². The van der Waals surface area contributed by atoms with Gasteiger partial charge >= 0.3 is 5.97 Å². The van der Waals surface area contributed by atoms with E-state index in [-0.39, 0.29) is 24.8 Å². The first-order chi connectivity index (χ1) is 11.6. The number of hydrogen-bond donors (Lipinski definition) is 1. The summed E-state index contributed by atoms with van der Waals surface area (Å²) in [4.78, 5) is 23.4. The van der Waals surface area contributed by atoms with Gasteiger partial charge in [-0.2, -0.15) is 0 Å². The van der Waals surface area contributed by atoms with E-state index in [0.29, 0.717) is 12.1 Å². The zero-order chi connectivity index (χ0) is 17.4. The van der Waals surface area contributed by atoms with Crippen LogP contribution in [0, 0.1) is 5.82 Å². The molecule has 0 heterocycles. The first-order valence-corrected chi connectivity index (χ1v) is 7.85. The Morgan fingerprint density at radius 2 is 1.62 bits per heavy atom. The van der Waals surface area contributed by atoms with E-state index in [2.05, 4.69) is 12.2 Å². The normalized spacial score (nSPS) is 10.2. The van der Waals surface area contributed by atoms with Crippen LogP contribution in [-0.2, 0) is 27.2 Å². The Balaban J connectivity index is 1.70. The zero-order valence-corrected chi connectivity index (χ0v) is 13.5. The van der Waals surface area contributed by atoms with Gasteiger partial charge in [-0.15, -0.1) is 0 Å². The fourth-order valence-corrected chi connectivity index (χ4v) is 2.14. The molecule has 2 rings (SSSR count). The fraction of sp³-hybridized carbons (Fsp3) is 0.263. The van der Waals surface area contributed by atoms with E-state index < -0.39 is 5.97 Å². The third-order valence-corrected chi connectivity index (χ3v) is 3.54. The molecule has 0 fully saturated rings. The predicted molar refractivity (Wildman–Crippen MR) is 90.1 cm³/mol. The summed E-state index contributed by atoms with van der Waals surface area (Å²) in [6.07, 6.45) is 1.52. The van der Waals surface area contributed by atoms with Crippen molar-refractivity contribution in [2.45, 2.75) is 26.2 Å². The molecule has 5 heteroatoms. The van der Waals surface area contributed by atoms with E-state index in [0.717, 1.165) is 12.0 Å². The summed E-state index contributed by atoms with van der Waals surface area (Å²) in [6.45, 7) is 1.73. The van der Waals surface area contributed by atoms with E-state index in [4.69, 9.17) is 4.74 Å². The maximum Gasteiger partial charge on any atom is 0.306 e. The van der Waals surface area contributed by atoms with Crippen LogP contribution < -0.4 is 5.32 Å². The summed E-state index contributed by atoms with van der Waals surface area (Å²) < 4.78 is 17.7. The highest BCUT2D eigenvalue weighted by molar-refractivity contribution is 5.92. The molecule has 0 unspecified atom stereocenters. The largest absolute Gasteiger partial charge is 0.456 e. The number of halogens is 1. The van der Waals surface area contributed by atoms with Crippen molar-refractivity contribution in [3.05, 3.63) is 65.5 Å². The molecule has 0 radical (unpaired) electrons. The van der Waals surface area contributed by atoms with Crippen molar-refractivity contribution in [2.75, 3.05) is 11.9 Å². The molecule has 0 bridgehead atoms. The van der Waals surface area contributed by atoms with Gasteiger partial charge in [0.1, 0.15) is 5.82 Å². The van der Waals surface area contributed by atoms with Crippen LogP contribution in [0.5, 0.6) is 0 Å². The molecule has 0 saturated carbocycles. The number of esters is 1. The van der Waals surface area contributed by atoms with Crippen molar-refractivity contribution in [3.63, 3.8) is 0 Å². The Kier molecular flexibility index (Phi) is 6.49. The first kappa shape index (κ1) is 17.7. The van der Waals surface area contributed by atoms with Crippen LogP contribution in [-0.4, -0.2) is 18.5 Å². The topological polar surface area (TPSA) is 55.4 Å². The Morgan fingerprint density at radius 3 is 2.25 bits per heavy atom. The summed E-state index contributed by atoms with van der Waals surface area (Å²) in [5.74, 6) is -1.16. The Labute approximate surface area is 140 Å². The quantitative estimate of drug-likeness (QED) is 0.791. The lowest BCUT2D eigenvalue weighted by Gasteiger charge is -2.07. The van der Waals surface area contributed by atoms with E-state index in [1.807, 2.05) is 24.3 Å². The molecule has 24 heavy (non-hydrogen) atoms. The smallest absolute Gasteiger partial charge is 0.306 e. The maximum atomic E-state index is 12.8. The van der Waals surface area contributed by atoms with Crippen LogP contribution in [0.4, 0.5) is 10.1 Å². The number of carbonyl (C=O) groups excluding carboxylic acids is 2. The van der Waals surface area contributed by atoms with Gasteiger partial charge in [0.25, 0.3) is 5.91 Å². The molecule has 4 nitrogen and oxygen atoms in total. The van der Waals surface area contributed by atoms with Gasteiger partial charge in [-0.1, -0.05) is 31.2 Å². The SMILES string of the molecule is CCc1ccc(NC(=O)COC(=O)CCc2ccc(F)cc2)cc1. The molecular formula is C19H20FNO3. The zero-order valence-electron chi connectivity index (χ0n) is 13.5. The molecule has 1 N–H and O–H groups in total. The van der Waals surface area contributed by atoms with Crippen molar-refractivity contribution < 1.29 is 18.7 Å². The van der Waals surface area contributed by atoms with Gasteiger partial charge < -0.3 is 10.1 Å². The number of rotatable bonds is 7. The number of aryl methyl sites for hydroxylation is 2. The van der Waals surface area contributed by atoms with Crippen LogP contribution in [0.2, 0.25) is 0 Å². The average Bonchev–Trinajstić information content (AvgIpc) is 2.60. The molecular weight excluding hydrogens is 309 g/mol. The highest BCUT2D eigenvalue weighted by atomic mass is 19.1. The van der Waals surface area contributed by atoms with Crippen LogP contribution in [0.1, 0.15) is 24.5 Å². The van der Waals surface area contributed by atoms with Gasteiger partial charge in [-0.3, -0.25) is 9.59 Å². The summed E-state index contributed by atoms with van der Waals surface area (Å²) in [6, 6.07) is 13.4. The number of ether oxygens (including phenoxy) is 1. The monoisotopic (exact) mass is 329 g/mol. The minimum absolute atomic E-state index is 0.143. The minimum Gasteiger partial charge on any atom is -0.456 e. The van der Waals surface area contributed by atoms with E-state index in [1.165, 1.54) is 17.7 Å². The summed E-state index contributed by atoms with van der Waals surface area (Å²) >= 11 is 0. The second-order valence-electron chi connectivity index (χ2n) is 5.39. The number of amides is 1. The molecule has 0 aliphatic heterocycles. The molecule has 0 spiro atoms. The van der Waals surface area contributed by atoms with Gasteiger partial charge in [0.15, 0.2) is 6.61 Å². The van der Waals surface area contributed by atoms with Crippen molar-refractivity contribution in [2.24, 2.45) is 0 Å². The lowest BCUT2D eigenvalue weighted by molar-refractivity contribution is -0.147. The molecule has 0 atom stereocenters. The highest BCUT2D eigenvalue weighted by Gasteiger charge is 2.08. The minimum atomic E-state index is -0.462. The van der Waals surface area contributed by atoms with Gasteiger partial charge in [-0.05, 0) is 48.2 Å². The molecule has 1 amide bonds. The summed E-state index contributed by atoms with van der Waals surface area (Å²) in [5, 5.41) is 2.67. The molecule has 0 aromatic heterocycles. The molecule has 0 aliphatic carbocycles. The van der Waals surface area contributed by atoms with E-state index >= 15 is 0 Å². The second-order valence-corrected chi connectivity index (χ2v) is 5.39. The maximum absolute atomic E-state index is 12.8. The molecule has 0 aliphatic rings. The Morgan fingerprint density at radius 1 is 1.00 bits per heavy atom. The van der Waals surface area contributed by atoms with Crippen molar-refractivity contribution in [1.29, 1.82) is 0 Å². The van der Waals surface area contributed by atoms with Crippen molar-refractivity contribution in [3.8, 4) is 0 Å². The van der Waals surface area contributed by atoms with Crippen LogP contribution in [0.25, 0.3) is 0 Å². The lowest BCUT2D eigenvalue weighted by atomic mass is 10.1. The number of benzene rings is 2. The van der Waals surface area contributed by atoms with Gasteiger partial charge in [0.05, 0.1) is 0 Å². The van der Waals surface area contributed by atoms with Crippen LogP contribution >= 0.6 is 0 Å². The molecule has 126 valence electrons. The fourth-order valence-electron chi connectivity index (χ4n) is 2.14. The molecule has 2 aromatic carbocycles. The lowest BCUT2D eigenvalue weighted by Crippen LogP contribution is -2.21. The number of anilines is 1.